The summed E-state index contributed by atoms with van der Waals surface area (Å²) < 4.78 is 18.5. The third kappa shape index (κ3) is 2.50. The molecule has 7 heteroatoms. The summed E-state index contributed by atoms with van der Waals surface area (Å²) in [6, 6.07) is 12.3. The minimum atomic E-state index is -1.50. The molecule has 1 saturated heterocycles. The number of carbonyl (C=O) groups is 3. The Labute approximate surface area is 155 Å². The Bertz CT molecular complexity index is 943. The number of rotatable bonds is 3. The second-order valence-electron chi connectivity index (χ2n) is 6.63. The number of esters is 1. The van der Waals surface area contributed by atoms with E-state index >= 15 is 0 Å². The summed E-state index contributed by atoms with van der Waals surface area (Å²) in [7, 11) is 1.50. The van der Waals surface area contributed by atoms with E-state index in [2.05, 4.69) is 0 Å². The van der Waals surface area contributed by atoms with Gasteiger partial charge in [0, 0.05) is 19.9 Å². The van der Waals surface area contributed by atoms with Crippen molar-refractivity contribution in [1.29, 1.82) is 0 Å². The number of amides is 2. The molecule has 2 aliphatic rings. The van der Waals surface area contributed by atoms with Crippen LogP contribution in [0.1, 0.15) is 28.8 Å². The highest BCUT2D eigenvalue weighted by molar-refractivity contribution is 6.15. The zero-order valence-corrected chi connectivity index (χ0v) is 14.6. The van der Waals surface area contributed by atoms with E-state index in [1.165, 1.54) is 41.1 Å². The van der Waals surface area contributed by atoms with E-state index in [-0.39, 0.29) is 37.1 Å². The van der Waals surface area contributed by atoms with E-state index < -0.39 is 11.6 Å². The smallest absolute Gasteiger partial charge is 0.354 e. The molecule has 0 spiro atoms. The molecular weight excluding hydrogens is 351 g/mol. The molecule has 27 heavy (non-hydrogen) atoms. The monoisotopic (exact) mass is 368 g/mol. The van der Waals surface area contributed by atoms with E-state index in [1.807, 2.05) is 0 Å². The number of fused-ring (bicyclic) bond motifs is 3. The summed E-state index contributed by atoms with van der Waals surface area (Å²) in [5.41, 5.74) is -0.0935. The third-order valence-corrected chi connectivity index (χ3v) is 5.15. The number of anilines is 1. The number of carbonyl (C=O) groups excluding carboxylic acids is 3. The van der Waals surface area contributed by atoms with Crippen LogP contribution in [0.2, 0.25) is 0 Å². The van der Waals surface area contributed by atoms with E-state index in [0.29, 0.717) is 16.8 Å². The maximum atomic E-state index is 13.1. The van der Waals surface area contributed by atoms with Gasteiger partial charge in [0.1, 0.15) is 12.4 Å². The molecule has 0 aromatic heterocycles. The SMILES string of the molecule is CN1C(=O)c2ccccc2N2C(=O)CC[C@@]12C(=O)OCc1ccc(F)cc1. The molecule has 2 heterocycles. The molecule has 2 aromatic carbocycles. The second-order valence-corrected chi connectivity index (χ2v) is 6.63. The van der Waals surface area contributed by atoms with Gasteiger partial charge in [-0.05, 0) is 29.8 Å². The van der Waals surface area contributed by atoms with Gasteiger partial charge in [0.05, 0.1) is 11.3 Å². The molecule has 1 atom stereocenters. The van der Waals surface area contributed by atoms with Crippen molar-refractivity contribution in [3.63, 3.8) is 0 Å². The molecule has 0 radical (unpaired) electrons. The van der Waals surface area contributed by atoms with Crippen molar-refractivity contribution in [3.05, 3.63) is 65.5 Å². The van der Waals surface area contributed by atoms with E-state index in [4.69, 9.17) is 4.74 Å². The number of hydrogen-bond acceptors (Lipinski definition) is 4. The lowest BCUT2D eigenvalue weighted by Gasteiger charge is -2.46. The highest BCUT2D eigenvalue weighted by Crippen LogP contribution is 2.44. The quantitative estimate of drug-likeness (QED) is 0.781. The highest BCUT2D eigenvalue weighted by atomic mass is 19.1. The molecule has 6 nitrogen and oxygen atoms in total. The van der Waals surface area contributed by atoms with Crippen molar-refractivity contribution < 1.29 is 23.5 Å². The van der Waals surface area contributed by atoms with Gasteiger partial charge in [-0.15, -0.1) is 0 Å². The summed E-state index contributed by atoms with van der Waals surface area (Å²) >= 11 is 0. The Morgan fingerprint density at radius 2 is 1.85 bits per heavy atom. The van der Waals surface area contributed by atoms with Crippen molar-refractivity contribution in [1.82, 2.24) is 4.90 Å². The summed E-state index contributed by atoms with van der Waals surface area (Å²) in [6.45, 7) is -0.0768. The van der Waals surface area contributed by atoms with Gasteiger partial charge < -0.3 is 9.64 Å². The van der Waals surface area contributed by atoms with Gasteiger partial charge in [0.25, 0.3) is 5.91 Å². The van der Waals surface area contributed by atoms with Gasteiger partial charge in [0.15, 0.2) is 0 Å². The van der Waals surface area contributed by atoms with Crippen LogP contribution in [0.3, 0.4) is 0 Å². The first-order chi connectivity index (χ1) is 12.9. The lowest BCUT2D eigenvalue weighted by atomic mass is 9.97. The zero-order valence-electron chi connectivity index (χ0n) is 14.6. The summed E-state index contributed by atoms with van der Waals surface area (Å²) in [5, 5.41) is 0. The summed E-state index contributed by atoms with van der Waals surface area (Å²) in [6.07, 6.45) is 0.294. The first-order valence-corrected chi connectivity index (χ1v) is 8.57. The van der Waals surface area contributed by atoms with Gasteiger partial charge in [-0.2, -0.15) is 0 Å². The molecule has 0 unspecified atom stereocenters. The van der Waals surface area contributed by atoms with Crippen LogP contribution >= 0.6 is 0 Å². The standard InChI is InChI=1S/C20H17FN2O4/c1-22-18(25)15-4-2-3-5-16(15)23-17(24)10-11-20(22,23)19(26)27-12-13-6-8-14(21)9-7-13/h2-9H,10-12H2,1H3/t20-/m1/s1. The average molecular weight is 368 g/mol. The molecule has 4 rings (SSSR count). The molecule has 2 amide bonds. The van der Waals surface area contributed by atoms with Gasteiger partial charge in [-0.25, -0.2) is 9.18 Å². The largest absolute Gasteiger partial charge is 0.458 e. The number of hydrogen-bond donors (Lipinski definition) is 0. The fraction of sp³-hybridized carbons (Fsp3) is 0.250. The lowest BCUT2D eigenvalue weighted by Crippen LogP contribution is -2.67. The van der Waals surface area contributed by atoms with Crippen molar-refractivity contribution in [3.8, 4) is 0 Å². The highest BCUT2D eigenvalue weighted by Gasteiger charge is 2.60. The number of halogens is 1. The Hall–Kier alpha value is -3.22. The van der Waals surface area contributed by atoms with Crippen LogP contribution < -0.4 is 4.90 Å². The molecule has 0 N–H and O–H groups in total. The number of para-hydroxylation sites is 1. The Morgan fingerprint density at radius 1 is 1.15 bits per heavy atom. The van der Waals surface area contributed by atoms with Gasteiger partial charge >= 0.3 is 5.97 Å². The van der Waals surface area contributed by atoms with Gasteiger partial charge in [-0.1, -0.05) is 24.3 Å². The molecule has 138 valence electrons. The van der Waals surface area contributed by atoms with Crippen LogP contribution in [0.5, 0.6) is 0 Å². The van der Waals surface area contributed by atoms with E-state index in [9.17, 15) is 18.8 Å². The number of benzene rings is 2. The van der Waals surface area contributed by atoms with Crippen molar-refractivity contribution >= 4 is 23.5 Å². The maximum absolute atomic E-state index is 13.1. The van der Waals surface area contributed by atoms with Crippen LogP contribution in [0, 0.1) is 5.82 Å². The number of likely N-dealkylation sites (N-methyl/N-ethyl adjacent to an activating group) is 1. The van der Waals surface area contributed by atoms with E-state index in [0.717, 1.165) is 0 Å². The van der Waals surface area contributed by atoms with Gasteiger partial charge in [0.2, 0.25) is 11.6 Å². The number of nitrogens with zero attached hydrogens (tertiary/aromatic N) is 2. The van der Waals surface area contributed by atoms with Crippen LogP contribution in [-0.2, 0) is 20.9 Å². The first kappa shape index (κ1) is 17.2. The Morgan fingerprint density at radius 3 is 2.59 bits per heavy atom. The zero-order chi connectivity index (χ0) is 19.2. The Balaban J connectivity index is 1.69. The van der Waals surface area contributed by atoms with Crippen molar-refractivity contribution in [2.45, 2.75) is 25.1 Å². The van der Waals surface area contributed by atoms with Crippen LogP contribution in [0.25, 0.3) is 0 Å². The van der Waals surface area contributed by atoms with Crippen LogP contribution in [0.4, 0.5) is 10.1 Å². The molecule has 0 saturated carbocycles. The lowest BCUT2D eigenvalue weighted by molar-refractivity contribution is -0.157. The fourth-order valence-electron chi connectivity index (χ4n) is 3.74. The van der Waals surface area contributed by atoms with Crippen molar-refractivity contribution in [2.24, 2.45) is 0 Å². The van der Waals surface area contributed by atoms with Crippen LogP contribution in [-0.4, -0.2) is 35.4 Å². The first-order valence-electron chi connectivity index (χ1n) is 8.57. The third-order valence-electron chi connectivity index (χ3n) is 5.15. The van der Waals surface area contributed by atoms with Crippen LogP contribution in [0.15, 0.2) is 48.5 Å². The minimum Gasteiger partial charge on any atom is -0.458 e. The fourth-order valence-corrected chi connectivity index (χ4v) is 3.74. The summed E-state index contributed by atoms with van der Waals surface area (Å²) in [5.74, 6) is -1.63. The van der Waals surface area contributed by atoms with E-state index in [1.54, 1.807) is 24.3 Å². The average Bonchev–Trinajstić information content (AvgIpc) is 3.04. The van der Waals surface area contributed by atoms with Crippen molar-refractivity contribution in [2.75, 3.05) is 11.9 Å². The van der Waals surface area contributed by atoms with Gasteiger partial charge in [-0.3, -0.25) is 14.5 Å². The normalized spacial score (nSPS) is 21.1. The molecule has 0 aliphatic carbocycles. The molecule has 0 bridgehead atoms. The maximum Gasteiger partial charge on any atom is 0.354 e. The predicted octanol–water partition coefficient (Wildman–Crippen LogP) is 2.48. The molecule has 2 aromatic rings. The molecular formula is C20H17FN2O4. The molecule has 2 aliphatic heterocycles. The summed E-state index contributed by atoms with van der Waals surface area (Å²) in [4.78, 5) is 41.1. The number of ether oxygens (including phenoxy) is 1. The minimum absolute atomic E-state index is 0.0768. The second kappa shape index (κ2) is 6.19. The topological polar surface area (TPSA) is 66.9 Å². The predicted molar refractivity (Wildman–Crippen MR) is 94.2 cm³/mol. The Kier molecular flexibility index (Phi) is 3.95. The molecule has 1 fully saturated rings.